The molecule has 0 saturated carbocycles. The summed E-state index contributed by atoms with van der Waals surface area (Å²) in [6.07, 6.45) is 1.82. The van der Waals surface area contributed by atoms with Crippen LogP contribution in [0.4, 0.5) is 8.78 Å². The number of halogens is 3. The highest BCUT2D eigenvalue weighted by atomic mass is 35.5. The van der Waals surface area contributed by atoms with Crippen LogP contribution >= 0.6 is 11.6 Å². The number of guanidine groups is 1. The summed E-state index contributed by atoms with van der Waals surface area (Å²) in [7, 11) is 5.41. The number of aryl methyl sites for hydroxylation is 1. The summed E-state index contributed by atoms with van der Waals surface area (Å²) in [5.74, 6) is -0.345. The van der Waals surface area contributed by atoms with E-state index in [1.54, 1.807) is 7.05 Å². The van der Waals surface area contributed by atoms with Crippen LogP contribution in [0, 0.1) is 11.6 Å². The van der Waals surface area contributed by atoms with Crippen molar-refractivity contribution in [2.45, 2.75) is 13.1 Å². The fraction of sp³-hybridized carbons (Fsp3) is 0.312. The molecule has 0 amide bonds. The Balaban J connectivity index is 2.02. The molecule has 23 heavy (non-hydrogen) atoms. The van der Waals surface area contributed by atoms with Gasteiger partial charge in [-0.25, -0.2) is 8.78 Å². The third kappa shape index (κ3) is 4.45. The van der Waals surface area contributed by atoms with Crippen molar-refractivity contribution in [3.8, 4) is 0 Å². The van der Waals surface area contributed by atoms with Gasteiger partial charge in [0.2, 0.25) is 0 Å². The van der Waals surface area contributed by atoms with E-state index in [0.29, 0.717) is 17.5 Å². The number of hydrogen-bond donors (Lipinski definition) is 1. The molecule has 1 aromatic heterocycles. The Kier molecular flexibility index (Phi) is 5.60. The summed E-state index contributed by atoms with van der Waals surface area (Å²) in [4.78, 5) is 6.04. The van der Waals surface area contributed by atoms with Crippen LogP contribution in [0.1, 0.15) is 11.3 Å². The molecule has 0 bridgehead atoms. The Labute approximate surface area is 139 Å². The van der Waals surface area contributed by atoms with Gasteiger partial charge < -0.3 is 14.8 Å². The van der Waals surface area contributed by atoms with E-state index in [2.05, 4.69) is 10.3 Å². The molecule has 0 aliphatic heterocycles. The highest BCUT2D eigenvalue weighted by Crippen LogP contribution is 2.14. The molecule has 2 rings (SSSR count). The molecule has 0 fully saturated rings. The van der Waals surface area contributed by atoms with Gasteiger partial charge in [-0.1, -0.05) is 11.6 Å². The van der Waals surface area contributed by atoms with Crippen molar-refractivity contribution in [2.24, 2.45) is 12.0 Å². The van der Waals surface area contributed by atoms with Gasteiger partial charge in [0, 0.05) is 45.1 Å². The van der Waals surface area contributed by atoms with E-state index in [1.165, 1.54) is 6.07 Å². The maximum Gasteiger partial charge on any atom is 0.194 e. The molecule has 1 N–H and O–H groups in total. The molecule has 4 nitrogen and oxygen atoms in total. The Morgan fingerprint density at radius 3 is 2.70 bits per heavy atom. The molecule has 0 aliphatic rings. The predicted octanol–water partition coefficient (Wildman–Crippen LogP) is 3.16. The lowest BCUT2D eigenvalue weighted by molar-refractivity contribution is 0.460. The smallest absolute Gasteiger partial charge is 0.194 e. The second-order valence-electron chi connectivity index (χ2n) is 5.25. The van der Waals surface area contributed by atoms with Crippen molar-refractivity contribution in [3.05, 3.63) is 58.4 Å². The van der Waals surface area contributed by atoms with E-state index in [4.69, 9.17) is 11.6 Å². The van der Waals surface area contributed by atoms with Crippen molar-refractivity contribution in [1.82, 2.24) is 14.8 Å². The first-order valence-corrected chi connectivity index (χ1v) is 7.45. The Morgan fingerprint density at radius 2 is 2.09 bits per heavy atom. The average molecular weight is 341 g/mol. The SMILES string of the molecule is CN=C(NCc1cc(F)ccc1F)N(C)Cc1cc(Cl)cn1C. The van der Waals surface area contributed by atoms with E-state index in [1.807, 2.05) is 35.8 Å². The normalized spacial score (nSPS) is 11.7. The van der Waals surface area contributed by atoms with Gasteiger partial charge in [0.1, 0.15) is 11.6 Å². The Hall–Kier alpha value is -2.08. The lowest BCUT2D eigenvalue weighted by Gasteiger charge is -2.22. The summed E-state index contributed by atoms with van der Waals surface area (Å²) < 4.78 is 28.8. The number of aliphatic imine (C=N–C) groups is 1. The third-order valence-corrected chi connectivity index (χ3v) is 3.70. The molecule has 0 radical (unpaired) electrons. The molecular weight excluding hydrogens is 322 g/mol. The summed E-state index contributed by atoms with van der Waals surface area (Å²) in [5.41, 5.74) is 1.26. The summed E-state index contributed by atoms with van der Waals surface area (Å²) in [6.45, 7) is 0.725. The molecule has 0 aliphatic carbocycles. The zero-order valence-corrected chi connectivity index (χ0v) is 14.0. The number of nitrogens with zero attached hydrogens (tertiary/aromatic N) is 3. The topological polar surface area (TPSA) is 32.6 Å². The second-order valence-corrected chi connectivity index (χ2v) is 5.69. The third-order valence-electron chi connectivity index (χ3n) is 3.49. The number of benzene rings is 1. The van der Waals surface area contributed by atoms with Crippen molar-refractivity contribution in [1.29, 1.82) is 0 Å². The monoisotopic (exact) mass is 340 g/mol. The highest BCUT2D eigenvalue weighted by Gasteiger charge is 2.11. The highest BCUT2D eigenvalue weighted by molar-refractivity contribution is 6.30. The van der Waals surface area contributed by atoms with E-state index in [0.717, 1.165) is 17.8 Å². The average Bonchev–Trinajstić information content (AvgIpc) is 2.81. The van der Waals surface area contributed by atoms with Crippen LogP contribution in [-0.2, 0) is 20.1 Å². The lowest BCUT2D eigenvalue weighted by atomic mass is 10.2. The number of nitrogens with one attached hydrogen (secondary N) is 1. The van der Waals surface area contributed by atoms with Gasteiger partial charge in [0.05, 0.1) is 11.6 Å². The van der Waals surface area contributed by atoms with Crippen LogP contribution in [-0.4, -0.2) is 29.5 Å². The van der Waals surface area contributed by atoms with Gasteiger partial charge in [0.15, 0.2) is 5.96 Å². The molecule has 2 aromatic rings. The minimum Gasteiger partial charge on any atom is -0.352 e. The molecule has 0 spiro atoms. The molecule has 1 aromatic carbocycles. The first-order valence-electron chi connectivity index (χ1n) is 7.07. The molecule has 124 valence electrons. The molecule has 1 heterocycles. The Morgan fingerprint density at radius 1 is 1.35 bits per heavy atom. The number of aromatic nitrogens is 1. The first-order chi connectivity index (χ1) is 10.9. The quantitative estimate of drug-likeness (QED) is 0.685. The van der Waals surface area contributed by atoms with Gasteiger partial charge in [0.25, 0.3) is 0 Å². The van der Waals surface area contributed by atoms with Gasteiger partial charge in [-0.3, -0.25) is 4.99 Å². The van der Waals surface area contributed by atoms with Crippen molar-refractivity contribution in [2.75, 3.05) is 14.1 Å². The molecule has 0 unspecified atom stereocenters. The minimum atomic E-state index is -0.468. The summed E-state index contributed by atoms with van der Waals surface area (Å²) in [6, 6.07) is 5.26. The molecule has 7 heteroatoms. The number of hydrogen-bond acceptors (Lipinski definition) is 1. The Bertz CT molecular complexity index is 712. The maximum atomic E-state index is 13.6. The van der Waals surface area contributed by atoms with E-state index >= 15 is 0 Å². The van der Waals surface area contributed by atoms with Crippen LogP contribution in [0.3, 0.4) is 0 Å². The van der Waals surface area contributed by atoms with Crippen LogP contribution in [0.2, 0.25) is 5.02 Å². The van der Waals surface area contributed by atoms with E-state index in [-0.39, 0.29) is 12.1 Å². The lowest BCUT2D eigenvalue weighted by Crippen LogP contribution is -2.38. The minimum absolute atomic E-state index is 0.147. The summed E-state index contributed by atoms with van der Waals surface area (Å²) >= 11 is 5.97. The van der Waals surface area contributed by atoms with Gasteiger partial charge in [-0.05, 0) is 24.3 Å². The first kappa shape index (κ1) is 17.3. The van der Waals surface area contributed by atoms with Gasteiger partial charge in [-0.15, -0.1) is 0 Å². The van der Waals surface area contributed by atoms with Crippen LogP contribution in [0.15, 0.2) is 35.5 Å². The standard InChI is InChI=1S/C16H19ClF2N4/c1-20-16(21-8-11-6-13(18)4-5-15(11)19)23(3)10-14-7-12(17)9-22(14)2/h4-7,9H,8,10H2,1-3H3,(H,20,21). The fourth-order valence-corrected chi connectivity index (χ4v) is 2.55. The predicted molar refractivity (Wildman–Crippen MR) is 88.4 cm³/mol. The molecule has 0 atom stereocenters. The molecule has 0 saturated heterocycles. The summed E-state index contributed by atoms with van der Waals surface area (Å²) in [5, 5.41) is 3.69. The van der Waals surface area contributed by atoms with Crippen LogP contribution in [0.25, 0.3) is 0 Å². The number of rotatable bonds is 4. The van der Waals surface area contributed by atoms with E-state index in [9.17, 15) is 8.78 Å². The second kappa shape index (κ2) is 7.46. The van der Waals surface area contributed by atoms with E-state index < -0.39 is 11.6 Å². The van der Waals surface area contributed by atoms with Crippen molar-refractivity contribution < 1.29 is 8.78 Å². The zero-order chi connectivity index (χ0) is 17.0. The van der Waals surface area contributed by atoms with Crippen LogP contribution < -0.4 is 5.32 Å². The fourth-order valence-electron chi connectivity index (χ4n) is 2.28. The maximum absolute atomic E-state index is 13.6. The van der Waals surface area contributed by atoms with Gasteiger partial charge in [-0.2, -0.15) is 0 Å². The molecular formula is C16H19ClF2N4. The van der Waals surface area contributed by atoms with Crippen LogP contribution in [0.5, 0.6) is 0 Å². The van der Waals surface area contributed by atoms with Gasteiger partial charge >= 0.3 is 0 Å². The largest absolute Gasteiger partial charge is 0.352 e. The van der Waals surface area contributed by atoms with Crippen molar-refractivity contribution in [3.63, 3.8) is 0 Å². The van der Waals surface area contributed by atoms with Crippen molar-refractivity contribution >= 4 is 17.6 Å². The zero-order valence-electron chi connectivity index (χ0n) is 13.3.